The second-order valence-corrected chi connectivity index (χ2v) is 6.06. The molecule has 6 heteroatoms. The van der Waals surface area contributed by atoms with E-state index in [9.17, 15) is 4.79 Å². The predicted molar refractivity (Wildman–Crippen MR) is 103 cm³/mol. The van der Waals surface area contributed by atoms with E-state index in [2.05, 4.69) is 10.3 Å². The highest BCUT2D eigenvalue weighted by Crippen LogP contribution is 2.38. The Labute approximate surface area is 157 Å². The zero-order valence-electron chi connectivity index (χ0n) is 15.0. The summed E-state index contributed by atoms with van der Waals surface area (Å²) in [6.07, 6.45) is 1.25. The average molecular weight is 361 g/mol. The molecule has 6 nitrogen and oxygen atoms in total. The van der Waals surface area contributed by atoms with Crippen LogP contribution in [0.2, 0.25) is 0 Å². The maximum atomic E-state index is 13.1. The van der Waals surface area contributed by atoms with Crippen LogP contribution in [-0.2, 0) is 0 Å². The summed E-state index contributed by atoms with van der Waals surface area (Å²) < 4.78 is 10.7. The zero-order valence-corrected chi connectivity index (χ0v) is 15.0. The summed E-state index contributed by atoms with van der Waals surface area (Å²) in [7, 11) is 3.23. The Morgan fingerprint density at radius 3 is 2.48 bits per heavy atom. The smallest absolute Gasteiger partial charge is 0.262 e. The third kappa shape index (κ3) is 2.95. The van der Waals surface area contributed by atoms with Crippen LogP contribution in [0.5, 0.6) is 11.5 Å². The Balaban J connectivity index is 1.77. The molecule has 1 aliphatic rings. The molecule has 0 unspecified atom stereocenters. The number of pyridine rings is 1. The minimum atomic E-state index is -0.446. The lowest BCUT2D eigenvalue weighted by atomic mass is 10.2. The normalized spacial score (nSPS) is 15.4. The van der Waals surface area contributed by atoms with Gasteiger partial charge in [-0.25, -0.2) is 0 Å². The molecular formula is C21H19N3O3. The maximum Gasteiger partial charge on any atom is 0.262 e. The minimum absolute atomic E-state index is 0.101. The van der Waals surface area contributed by atoms with E-state index in [4.69, 9.17) is 9.47 Å². The summed E-state index contributed by atoms with van der Waals surface area (Å²) in [5.74, 6) is 1.33. The Bertz CT molecular complexity index is 972. The lowest BCUT2D eigenvalue weighted by Gasteiger charge is -2.27. The number of ether oxygens (including phenoxy) is 2. The largest absolute Gasteiger partial charge is 0.497 e. The molecule has 0 bridgehead atoms. The monoisotopic (exact) mass is 361 g/mol. The van der Waals surface area contributed by atoms with Crippen molar-refractivity contribution < 1.29 is 14.3 Å². The molecule has 27 heavy (non-hydrogen) atoms. The Morgan fingerprint density at radius 2 is 1.74 bits per heavy atom. The van der Waals surface area contributed by atoms with Crippen LogP contribution < -0.4 is 19.7 Å². The number of hydrogen-bond donors (Lipinski definition) is 1. The molecule has 0 saturated carbocycles. The average Bonchev–Trinajstić information content (AvgIpc) is 3.00. The van der Waals surface area contributed by atoms with Crippen molar-refractivity contribution in [3.8, 4) is 11.5 Å². The fraction of sp³-hybridized carbons (Fsp3) is 0.143. The van der Waals surface area contributed by atoms with Gasteiger partial charge in [-0.2, -0.15) is 0 Å². The molecule has 1 aliphatic heterocycles. The summed E-state index contributed by atoms with van der Waals surface area (Å²) in [5.41, 5.74) is 2.81. The first kappa shape index (κ1) is 16.9. The first-order valence-corrected chi connectivity index (χ1v) is 8.55. The number of benzene rings is 2. The highest BCUT2D eigenvalue weighted by Gasteiger charge is 2.39. The van der Waals surface area contributed by atoms with E-state index >= 15 is 0 Å². The van der Waals surface area contributed by atoms with E-state index in [-0.39, 0.29) is 5.91 Å². The van der Waals surface area contributed by atoms with Crippen LogP contribution in [0.15, 0.2) is 66.9 Å². The van der Waals surface area contributed by atoms with E-state index in [0.717, 1.165) is 17.1 Å². The molecule has 0 fully saturated rings. The predicted octanol–water partition coefficient (Wildman–Crippen LogP) is 3.87. The van der Waals surface area contributed by atoms with Crippen LogP contribution in [0, 0.1) is 0 Å². The molecule has 136 valence electrons. The van der Waals surface area contributed by atoms with Crippen molar-refractivity contribution in [1.82, 2.24) is 4.98 Å². The van der Waals surface area contributed by atoms with Crippen LogP contribution in [0.1, 0.15) is 22.2 Å². The molecule has 3 aromatic rings. The molecule has 0 radical (unpaired) electrons. The molecule has 2 heterocycles. The Kier molecular flexibility index (Phi) is 4.38. The van der Waals surface area contributed by atoms with Crippen molar-refractivity contribution >= 4 is 17.3 Å². The third-order valence-electron chi connectivity index (χ3n) is 4.55. The second-order valence-electron chi connectivity index (χ2n) is 6.06. The number of hydrogen-bond acceptors (Lipinski definition) is 5. The van der Waals surface area contributed by atoms with Gasteiger partial charge in [-0.3, -0.25) is 14.7 Å². The number of methoxy groups -OCH3 is 2. The Morgan fingerprint density at radius 1 is 0.963 bits per heavy atom. The summed E-state index contributed by atoms with van der Waals surface area (Å²) in [5, 5.41) is 3.41. The SMILES string of the molecule is COc1ccc(N2C(=O)c3cccnc3[C@H]2Nc2ccccc2OC)cc1. The van der Waals surface area contributed by atoms with Gasteiger partial charge in [-0.15, -0.1) is 0 Å². The molecule has 0 spiro atoms. The van der Waals surface area contributed by atoms with Gasteiger partial charge in [0.1, 0.15) is 11.5 Å². The second kappa shape index (κ2) is 6.99. The molecule has 1 amide bonds. The van der Waals surface area contributed by atoms with Crippen molar-refractivity contribution in [3.05, 3.63) is 78.1 Å². The molecule has 0 saturated heterocycles. The van der Waals surface area contributed by atoms with Gasteiger partial charge in [0, 0.05) is 11.9 Å². The van der Waals surface area contributed by atoms with E-state index in [1.165, 1.54) is 0 Å². The van der Waals surface area contributed by atoms with Gasteiger partial charge in [0.25, 0.3) is 5.91 Å². The fourth-order valence-corrected chi connectivity index (χ4v) is 3.24. The van der Waals surface area contributed by atoms with E-state index < -0.39 is 6.17 Å². The van der Waals surface area contributed by atoms with Crippen LogP contribution >= 0.6 is 0 Å². The van der Waals surface area contributed by atoms with Crippen molar-refractivity contribution in [2.45, 2.75) is 6.17 Å². The van der Waals surface area contributed by atoms with E-state index in [0.29, 0.717) is 17.0 Å². The molecule has 1 aromatic heterocycles. The van der Waals surface area contributed by atoms with Gasteiger partial charge >= 0.3 is 0 Å². The van der Waals surface area contributed by atoms with Gasteiger partial charge in [-0.1, -0.05) is 12.1 Å². The number of fused-ring (bicyclic) bond motifs is 1. The summed E-state index contributed by atoms with van der Waals surface area (Å²) in [6, 6.07) is 18.6. The molecule has 2 aromatic carbocycles. The van der Waals surface area contributed by atoms with Crippen molar-refractivity contribution in [2.75, 3.05) is 24.4 Å². The number of nitrogens with one attached hydrogen (secondary N) is 1. The van der Waals surface area contributed by atoms with Crippen molar-refractivity contribution in [3.63, 3.8) is 0 Å². The molecule has 1 N–H and O–H groups in total. The maximum absolute atomic E-state index is 13.1. The van der Waals surface area contributed by atoms with Gasteiger partial charge in [-0.05, 0) is 48.5 Å². The van der Waals surface area contributed by atoms with Gasteiger partial charge in [0.05, 0.1) is 31.2 Å². The number of anilines is 2. The quantitative estimate of drug-likeness (QED) is 0.747. The van der Waals surface area contributed by atoms with Crippen LogP contribution in [0.4, 0.5) is 11.4 Å². The Hall–Kier alpha value is -3.54. The molecule has 0 aliphatic carbocycles. The topological polar surface area (TPSA) is 63.7 Å². The van der Waals surface area contributed by atoms with Crippen LogP contribution in [0.25, 0.3) is 0 Å². The highest BCUT2D eigenvalue weighted by molar-refractivity contribution is 6.11. The summed E-state index contributed by atoms with van der Waals surface area (Å²) in [4.78, 5) is 19.2. The number of amides is 1. The van der Waals surface area contributed by atoms with Gasteiger partial charge < -0.3 is 14.8 Å². The van der Waals surface area contributed by atoms with Crippen molar-refractivity contribution in [2.24, 2.45) is 0 Å². The first-order valence-electron chi connectivity index (χ1n) is 8.55. The van der Waals surface area contributed by atoms with Gasteiger partial charge in [0.15, 0.2) is 6.17 Å². The fourth-order valence-electron chi connectivity index (χ4n) is 3.24. The first-order chi connectivity index (χ1) is 13.2. The number of nitrogens with zero attached hydrogens (tertiary/aromatic N) is 2. The molecule has 1 atom stereocenters. The standard InChI is InChI=1S/C21H19N3O3/c1-26-15-11-9-14(10-12-15)24-20(19-16(21(24)25)6-5-13-22-19)23-17-7-3-4-8-18(17)27-2/h3-13,20,23H,1-2H3/t20-/m0/s1. The number of para-hydroxylation sites is 2. The number of carbonyl (C=O) groups is 1. The van der Waals surface area contributed by atoms with E-state index in [1.54, 1.807) is 37.4 Å². The summed E-state index contributed by atoms with van der Waals surface area (Å²) >= 11 is 0. The van der Waals surface area contributed by atoms with Crippen LogP contribution in [0.3, 0.4) is 0 Å². The number of carbonyl (C=O) groups excluding carboxylic acids is 1. The highest BCUT2D eigenvalue weighted by atomic mass is 16.5. The molecular weight excluding hydrogens is 342 g/mol. The zero-order chi connectivity index (χ0) is 18.8. The molecule has 4 rings (SSSR count). The number of rotatable bonds is 5. The lowest BCUT2D eigenvalue weighted by Crippen LogP contribution is -2.32. The summed E-state index contributed by atoms with van der Waals surface area (Å²) in [6.45, 7) is 0. The lowest BCUT2D eigenvalue weighted by molar-refractivity contribution is 0.0993. The minimum Gasteiger partial charge on any atom is -0.497 e. The van der Waals surface area contributed by atoms with Crippen molar-refractivity contribution in [1.29, 1.82) is 0 Å². The van der Waals surface area contributed by atoms with Gasteiger partial charge in [0.2, 0.25) is 0 Å². The third-order valence-corrected chi connectivity index (χ3v) is 4.55. The number of aromatic nitrogens is 1. The van der Waals surface area contributed by atoms with E-state index in [1.807, 2.05) is 48.5 Å². The van der Waals surface area contributed by atoms with Crippen LogP contribution in [-0.4, -0.2) is 25.1 Å².